The summed E-state index contributed by atoms with van der Waals surface area (Å²) in [5, 5.41) is 7.87. The van der Waals surface area contributed by atoms with Gasteiger partial charge in [0.1, 0.15) is 12.2 Å². The number of amides is 3. The van der Waals surface area contributed by atoms with Gasteiger partial charge < -0.3 is 20.7 Å². The molecule has 0 heterocycles. The van der Waals surface area contributed by atoms with E-state index in [2.05, 4.69) is 16.0 Å². The van der Waals surface area contributed by atoms with E-state index in [0.717, 1.165) is 0 Å². The van der Waals surface area contributed by atoms with Crippen molar-refractivity contribution >= 4 is 34.8 Å². The van der Waals surface area contributed by atoms with Gasteiger partial charge in [-0.25, -0.2) is 0 Å². The lowest BCUT2D eigenvalue weighted by atomic mass is 10.2. The Morgan fingerprint density at radius 3 is 1.92 bits per heavy atom. The Morgan fingerprint density at radius 1 is 0.840 bits per heavy atom. The highest BCUT2D eigenvalue weighted by atomic mass is 16.5. The van der Waals surface area contributed by atoms with Crippen LogP contribution in [-0.2, 0) is 14.4 Å². The Labute approximate surface area is 145 Å². The van der Waals surface area contributed by atoms with Crippen molar-refractivity contribution in [1.29, 1.82) is 0 Å². The molecule has 0 aliphatic rings. The molecule has 130 valence electrons. The average molecular weight is 341 g/mol. The first-order valence-corrected chi connectivity index (χ1v) is 7.57. The summed E-state index contributed by atoms with van der Waals surface area (Å²) in [5.41, 5.74) is 1.60. The van der Waals surface area contributed by atoms with Crippen molar-refractivity contribution < 1.29 is 19.1 Å². The van der Waals surface area contributed by atoms with Gasteiger partial charge >= 0.3 is 0 Å². The van der Waals surface area contributed by atoms with Crippen molar-refractivity contribution in [3.63, 3.8) is 0 Å². The minimum atomic E-state index is -0.458. The van der Waals surface area contributed by atoms with E-state index in [-0.39, 0.29) is 12.3 Å². The molecule has 3 N–H and O–H groups in total. The summed E-state index contributed by atoms with van der Waals surface area (Å²) in [6.45, 7) is 1.40. The van der Waals surface area contributed by atoms with E-state index in [1.54, 1.807) is 48.5 Å². The Hall–Kier alpha value is -3.35. The minimum absolute atomic E-state index is 0.207. The topological polar surface area (TPSA) is 96.5 Å². The summed E-state index contributed by atoms with van der Waals surface area (Å²) in [6, 6.07) is 13.5. The summed E-state index contributed by atoms with van der Waals surface area (Å²) in [7, 11) is 1.53. The van der Waals surface area contributed by atoms with E-state index >= 15 is 0 Å². The summed E-state index contributed by atoms with van der Waals surface area (Å²) < 4.78 is 5.07. The first-order valence-electron chi connectivity index (χ1n) is 7.57. The van der Waals surface area contributed by atoms with Gasteiger partial charge in [-0.05, 0) is 30.3 Å². The number of hydrogen-bond donors (Lipinski definition) is 3. The van der Waals surface area contributed by atoms with Crippen LogP contribution in [0.25, 0.3) is 0 Å². The third-order valence-corrected chi connectivity index (χ3v) is 3.14. The zero-order valence-electron chi connectivity index (χ0n) is 14.0. The van der Waals surface area contributed by atoms with Crippen LogP contribution < -0.4 is 20.7 Å². The first-order chi connectivity index (χ1) is 12.0. The van der Waals surface area contributed by atoms with Crippen molar-refractivity contribution in [3.8, 4) is 5.75 Å². The third-order valence-electron chi connectivity index (χ3n) is 3.14. The fraction of sp³-hybridized carbons (Fsp3) is 0.167. The molecule has 7 heteroatoms. The van der Waals surface area contributed by atoms with Crippen molar-refractivity contribution in [3.05, 3.63) is 48.5 Å². The Morgan fingerprint density at radius 2 is 1.36 bits per heavy atom. The Bertz CT molecular complexity index is 789. The number of rotatable bonds is 6. The van der Waals surface area contributed by atoms with Crippen LogP contribution in [0.15, 0.2) is 48.5 Å². The molecule has 0 saturated carbocycles. The maximum atomic E-state index is 12.0. The van der Waals surface area contributed by atoms with Crippen LogP contribution in [0.2, 0.25) is 0 Å². The third kappa shape index (κ3) is 5.98. The molecule has 25 heavy (non-hydrogen) atoms. The van der Waals surface area contributed by atoms with E-state index in [1.807, 2.05) is 0 Å². The van der Waals surface area contributed by atoms with Gasteiger partial charge in [0.2, 0.25) is 17.7 Å². The van der Waals surface area contributed by atoms with Crippen LogP contribution in [0.4, 0.5) is 17.1 Å². The molecule has 0 radical (unpaired) electrons. The molecule has 0 fully saturated rings. The van der Waals surface area contributed by atoms with Crippen LogP contribution >= 0.6 is 0 Å². The normalized spacial score (nSPS) is 9.84. The quantitative estimate of drug-likeness (QED) is 0.704. The number of carbonyl (C=O) groups is 3. The van der Waals surface area contributed by atoms with Gasteiger partial charge in [-0.15, -0.1) is 0 Å². The smallest absolute Gasteiger partial charge is 0.233 e. The number of hydrogen-bond acceptors (Lipinski definition) is 4. The molecule has 0 unspecified atom stereocenters. The maximum Gasteiger partial charge on any atom is 0.233 e. The van der Waals surface area contributed by atoms with E-state index in [4.69, 9.17) is 4.74 Å². The lowest BCUT2D eigenvalue weighted by Crippen LogP contribution is -2.21. The largest absolute Gasteiger partial charge is 0.497 e. The predicted molar refractivity (Wildman–Crippen MR) is 95.6 cm³/mol. The summed E-state index contributed by atoms with van der Waals surface area (Å²) in [4.78, 5) is 35.0. The van der Waals surface area contributed by atoms with Gasteiger partial charge in [0.25, 0.3) is 0 Å². The second-order valence-electron chi connectivity index (χ2n) is 5.27. The molecule has 0 spiro atoms. The number of benzene rings is 2. The molecule has 0 aliphatic heterocycles. The van der Waals surface area contributed by atoms with Gasteiger partial charge in [0.05, 0.1) is 7.11 Å². The van der Waals surface area contributed by atoms with Crippen LogP contribution in [0.3, 0.4) is 0 Å². The van der Waals surface area contributed by atoms with Crippen LogP contribution in [0.5, 0.6) is 5.75 Å². The molecule has 0 aliphatic carbocycles. The van der Waals surface area contributed by atoms with Gasteiger partial charge in [0, 0.05) is 30.1 Å². The highest BCUT2D eigenvalue weighted by Crippen LogP contribution is 2.17. The Kier molecular flexibility index (Phi) is 6.11. The molecule has 0 aromatic heterocycles. The molecule has 7 nitrogen and oxygen atoms in total. The second-order valence-corrected chi connectivity index (χ2v) is 5.27. The second kappa shape index (κ2) is 8.49. The highest BCUT2D eigenvalue weighted by molar-refractivity contribution is 6.08. The van der Waals surface area contributed by atoms with Gasteiger partial charge in [-0.1, -0.05) is 12.1 Å². The number of anilines is 3. The predicted octanol–water partition coefficient (Wildman–Crippen LogP) is 2.62. The van der Waals surface area contributed by atoms with Crippen molar-refractivity contribution in [2.24, 2.45) is 0 Å². The fourth-order valence-electron chi connectivity index (χ4n) is 2.13. The van der Waals surface area contributed by atoms with E-state index in [1.165, 1.54) is 14.0 Å². The molecule has 0 bridgehead atoms. The van der Waals surface area contributed by atoms with E-state index < -0.39 is 11.8 Å². The van der Waals surface area contributed by atoms with E-state index in [0.29, 0.717) is 22.8 Å². The molecule has 0 saturated heterocycles. The maximum absolute atomic E-state index is 12.0. The Balaban J connectivity index is 1.91. The number of carbonyl (C=O) groups excluding carboxylic acids is 3. The molecule has 2 aromatic rings. The standard InChI is InChI=1S/C18H19N3O4/c1-12(22)19-13-5-3-6-14(9-13)20-17(23)11-18(24)21-15-7-4-8-16(10-15)25-2/h3-10H,11H2,1-2H3,(H,19,22)(H,20,23)(H,21,24). The van der Waals surface area contributed by atoms with Crippen LogP contribution in [-0.4, -0.2) is 24.8 Å². The van der Waals surface area contributed by atoms with Crippen molar-refractivity contribution in [2.45, 2.75) is 13.3 Å². The van der Waals surface area contributed by atoms with Crippen LogP contribution in [0.1, 0.15) is 13.3 Å². The molecular formula is C18H19N3O4. The van der Waals surface area contributed by atoms with Gasteiger partial charge in [-0.3, -0.25) is 14.4 Å². The summed E-state index contributed by atoms with van der Waals surface area (Å²) in [5.74, 6) is -0.498. The van der Waals surface area contributed by atoms with Crippen molar-refractivity contribution in [2.75, 3.05) is 23.1 Å². The lowest BCUT2D eigenvalue weighted by molar-refractivity contribution is -0.123. The SMILES string of the molecule is COc1cccc(NC(=O)CC(=O)Nc2cccc(NC(C)=O)c2)c1. The molecule has 2 rings (SSSR count). The molecule has 0 atom stereocenters. The summed E-state index contributed by atoms with van der Waals surface area (Å²) >= 11 is 0. The first kappa shape index (κ1) is 18.0. The fourth-order valence-corrected chi connectivity index (χ4v) is 2.13. The zero-order chi connectivity index (χ0) is 18.2. The van der Waals surface area contributed by atoms with Gasteiger partial charge in [0.15, 0.2) is 0 Å². The molecular weight excluding hydrogens is 322 g/mol. The lowest BCUT2D eigenvalue weighted by Gasteiger charge is -2.09. The summed E-state index contributed by atoms with van der Waals surface area (Å²) in [6.07, 6.45) is -0.332. The van der Waals surface area contributed by atoms with Gasteiger partial charge in [-0.2, -0.15) is 0 Å². The monoisotopic (exact) mass is 341 g/mol. The number of nitrogens with one attached hydrogen (secondary N) is 3. The van der Waals surface area contributed by atoms with E-state index in [9.17, 15) is 14.4 Å². The molecule has 2 aromatic carbocycles. The van der Waals surface area contributed by atoms with Crippen molar-refractivity contribution in [1.82, 2.24) is 0 Å². The average Bonchev–Trinajstić information content (AvgIpc) is 2.54. The number of ether oxygens (including phenoxy) is 1. The highest BCUT2D eigenvalue weighted by Gasteiger charge is 2.11. The van der Waals surface area contributed by atoms with Crippen LogP contribution in [0, 0.1) is 0 Å². The molecule has 3 amide bonds. The zero-order valence-corrected chi connectivity index (χ0v) is 14.0. The minimum Gasteiger partial charge on any atom is -0.497 e. The number of methoxy groups -OCH3 is 1.